The summed E-state index contributed by atoms with van der Waals surface area (Å²) >= 11 is 1.30. The molecule has 0 spiro atoms. The third-order valence-electron chi connectivity index (χ3n) is 3.23. The Morgan fingerprint density at radius 3 is 2.59 bits per heavy atom. The van der Waals surface area contributed by atoms with E-state index in [0.29, 0.717) is 43.6 Å². The molecule has 0 atom stereocenters. The summed E-state index contributed by atoms with van der Waals surface area (Å²) in [7, 11) is 1.35. The van der Waals surface area contributed by atoms with Crippen LogP contribution < -0.4 is 4.90 Å². The van der Waals surface area contributed by atoms with Crippen molar-refractivity contribution in [1.29, 1.82) is 0 Å². The molecule has 2 rings (SSSR count). The summed E-state index contributed by atoms with van der Waals surface area (Å²) in [6.07, 6.45) is 1.26. The van der Waals surface area contributed by atoms with Crippen LogP contribution in [0.1, 0.15) is 23.5 Å². The molecule has 22 heavy (non-hydrogen) atoms. The van der Waals surface area contributed by atoms with E-state index in [9.17, 15) is 9.59 Å². The Morgan fingerprint density at radius 2 is 2.00 bits per heavy atom. The molecule has 0 aliphatic carbocycles. The summed E-state index contributed by atoms with van der Waals surface area (Å²) in [6, 6.07) is 0. The molecule has 1 aromatic rings. The summed E-state index contributed by atoms with van der Waals surface area (Å²) in [4.78, 5) is 31.8. The van der Waals surface area contributed by atoms with Crippen molar-refractivity contribution in [2.75, 3.05) is 44.8 Å². The maximum atomic E-state index is 11.9. The number of carbonyl (C=O) groups excluding carboxylic acids is 2. The van der Waals surface area contributed by atoms with Gasteiger partial charge in [0, 0.05) is 26.2 Å². The van der Waals surface area contributed by atoms with Gasteiger partial charge < -0.3 is 19.3 Å². The lowest BCUT2D eigenvalue weighted by Crippen LogP contribution is -2.49. The third-order valence-corrected chi connectivity index (χ3v) is 4.27. The number of esters is 1. The zero-order chi connectivity index (χ0) is 16.1. The Balaban J connectivity index is 1.85. The first kappa shape index (κ1) is 16.5. The van der Waals surface area contributed by atoms with Crippen LogP contribution in [0.25, 0.3) is 0 Å². The topological polar surface area (TPSA) is 72.0 Å². The van der Waals surface area contributed by atoms with Gasteiger partial charge in [-0.25, -0.2) is 14.6 Å². The predicted molar refractivity (Wildman–Crippen MR) is 83.4 cm³/mol. The summed E-state index contributed by atoms with van der Waals surface area (Å²) < 4.78 is 9.90. The number of piperazine rings is 1. The highest BCUT2D eigenvalue weighted by Crippen LogP contribution is 2.24. The van der Waals surface area contributed by atoms with E-state index in [0.717, 1.165) is 5.13 Å². The Morgan fingerprint density at radius 1 is 1.32 bits per heavy atom. The number of nitrogens with zero attached hydrogens (tertiary/aromatic N) is 3. The second kappa shape index (κ2) is 7.44. The fourth-order valence-corrected chi connectivity index (χ4v) is 2.90. The van der Waals surface area contributed by atoms with Crippen LogP contribution in [0.15, 0.2) is 6.20 Å². The van der Waals surface area contributed by atoms with Gasteiger partial charge in [0.05, 0.1) is 19.9 Å². The van der Waals surface area contributed by atoms with Gasteiger partial charge in [0.1, 0.15) is 4.88 Å². The molecule has 1 aromatic heterocycles. The minimum absolute atomic E-state index is 0.261. The molecule has 0 saturated carbocycles. The number of methoxy groups -OCH3 is 1. The van der Waals surface area contributed by atoms with Crippen LogP contribution in [0.3, 0.4) is 0 Å². The standard InChI is InChI=1S/C14H21N3O4S/c1-10(2)9-21-14(19)17-6-4-16(5-7-17)13-15-8-11(22-13)12(18)20-3/h8,10H,4-7,9H2,1-3H3. The molecule has 122 valence electrons. The summed E-state index contributed by atoms with van der Waals surface area (Å²) in [5.74, 6) is -0.0445. The Bertz CT molecular complexity index is 524. The fourth-order valence-electron chi connectivity index (χ4n) is 2.02. The van der Waals surface area contributed by atoms with Gasteiger partial charge in [-0.3, -0.25) is 0 Å². The molecule has 0 radical (unpaired) electrons. The van der Waals surface area contributed by atoms with E-state index in [1.807, 2.05) is 13.8 Å². The second-order valence-electron chi connectivity index (χ2n) is 5.44. The molecule has 0 bridgehead atoms. The van der Waals surface area contributed by atoms with Gasteiger partial charge in [0.15, 0.2) is 5.13 Å². The molecule has 0 N–H and O–H groups in total. The quantitative estimate of drug-likeness (QED) is 0.786. The van der Waals surface area contributed by atoms with E-state index in [1.54, 1.807) is 4.90 Å². The van der Waals surface area contributed by atoms with Crippen molar-refractivity contribution in [3.05, 3.63) is 11.1 Å². The highest BCUT2D eigenvalue weighted by atomic mass is 32.1. The number of aromatic nitrogens is 1. The van der Waals surface area contributed by atoms with Crippen LogP contribution in [0, 0.1) is 5.92 Å². The lowest BCUT2D eigenvalue weighted by atomic mass is 10.2. The lowest BCUT2D eigenvalue weighted by molar-refractivity contribution is 0.0606. The highest BCUT2D eigenvalue weighted by molar-refractivity contribution is 7.17. The van der Waals surface area contributed by atoms with Crippen LogP contribution in [-0.4, -0.2) is 61.8 Å². The fraction of sp³-hybridized carbons (Fsp3) is 0.643. The number of carbonyl (C=O) groups is 2. The monoisotopic (exact) mass is 327 g/mol. The van der Waals surface area contributed by atoms with Crippen LogP contribution in [0.5, 0.6) is 0 Å². The summed E-state index contributed by atoms with van der Waals surface area (Å²) in [6.45, 7) is 6.97. The molecule has 1 aliphatic rings. The molecule has 1 fully saturated rings. The molecule has 2 heterocycles. The lowest BCUT2D eigenvalue weighted by Gasteiger charge is -2.34. The van der Waals surface area contributed by atoms with Crippen molar-refractivity contribution in [1.82, 2.24) is 9.88 Å². The first-order chi connectivity index (χ1) is 10.5. The van der Waals surface area contributed by atoms with Crippen LogP contribution >= 0.6 is 11.3 Å². The van der Waals surface area contributed by atoms with E-state index in [1.165, 1.54) is 24.6 Å². The number of anilines is 1. The number of ether oxygens (including phenoxy) is 2. The zero-order valence-corrected chi connectivity index (χ0v) is 13.9. The van der Waals surface area contributed by atoms with E-state index in [-0.39, 0.29) is 12.1 Å². The van der Waals surface area contributed by atoms with Crippen LogP contribution in [0.2, 0.25) is 0 Å². The highest BCUT2D eigenvalue weighted by Gasteiger charge is 2.24. The number of rotatable bonds is 4. The summed E-state index contributed by atoms with van der Waals surface area (Å²) in [5.41, 5.74) is 0. The van der Waals surface area contributed by atoms with Crippen molar-refractivity contribution in [2.45, 2.75) is 13.8 Å². The average Bonchev–Trinajstić information content (AvgIpc) is 3.02. The van der Waals surface area contributed by atoms with Gasteiger partial charge in [0.2, 0.25) is 0 Å². The molecule has 7 nitrogen and oxygen atoms in total. The number of hydrogen-bond acceptors (Lipinski definition) is 7. The van der Waals surface area contributed by atoms with Crippen LogP contribution in [-0.2, 0) is 9.47 Å². The Labute approximate surface area is 133 Å². The van der Waals surface area contributed by atoms with Gasteiger partial charge in [-0.15, -0.1) is 0 Å². The predicted octanol–water partition coefficient (Wildman–Crippen LogP) is 1.84. The minimum Gasteiger partial charge on any atom is -0.465 e. The molecule has 0 aromatic carbocycles. The van der Waals surface area contributed by atoms with E-state index >= 15 is 0 Å². The van der Waals surface area contributed by atoms with Gasteiger partial charge in [-0.05, 0) is 5.92 Å². The Kier molecular flexibility index (Phi) is 5.59. The molecule has 0 unspecified atom stereocenters. The maximum absolute atomic E-state index is 11.9. The molecule has 8 heteroatoms. The van der Waals surface area contributed by atoms with E-state index in [2.05, 4.69) is 14.6 Å². The van der Waals surface area contributed by atoms with Gasteiger partial charge in [-0.2, -0.15) is 0 Å². The number of thiazole rings is 1. The van der Waals surface area contributed by atoms with E-state index in [4.69, 9.17) is 4.74 Å². The molecule has 1 amide bonds. The maximum Gasteiger partial charge on any atom is 0.409 e. The zero-order valence-electron chi connectivity index (χ0n) is 13.1. The van der Waals surface area contributed by atoms with Gasteiger partial charge >= 0.3 is 12.1 Å². The first-order valence-corrected chi connectivity index (χ1v) is 8.03. The Hall–Kier alpha value is -1.83. The largest absolute Gasteiger partial charge is 0.465 e. The van der Waals surface area contributed by atoms with Crippen molar-refractivity contribution in [3.8, 4) is 0 Å². The number of hydrogen-bond donors (Lipinski definition) is 0. The molecular weight excluding hydrogens is 306 g/mol. The van der Waals surface area contributed by atoms with Crippen molar-refractivity contribution >= 4 is 28.5 Å². The van der Waals surface area contributed by atoms with Crippen molar-refractivity contribution in [2.24, 2.45) is 5.92 Å². The van der Waals surface area contributed by atoms with E-state index < -0.39 is 0 Å². The third kappa shape index (κ3) is 4.09. The summed E-state index contributed by atoms with van der Waals surface area (Å²) in [5, 5.41) is 0.774. The van der Waals surface area contributed by atoms with Crippen molar-refractivity contribution in [3.63, 3.8) is 0 Å². The minimum atomic E-state index is -0.375. The van der Waals surface area contributed by atoms with Gasteiger partial charge in [0.25, 0.3) is 0 Å². The first-order valence-electron chi connectivity index (χ1n) is 7.22. The normalized spacial score (nSPS) is 15.1. The SMILES string of the molecule is COC(=O)c1cnc(N2CCN(C(=O)OCC(C)C)CC2)s1. The molecular formula is C14H21N3O4S. The smallest absolute Gasteiger partial charge is 0.409 e. The van der Waals surface area contributed by atoms with Crippen molar-refractivity contribution < 1.29 is 19.1 Å². The molecule has 1 aliphatic heterocycles. The molecule has 1 saturated heterocycles. The number of amides is 1. The van der Waals surface area contributed by atoms with Crippen LogP contribution in [0.4, 0.5) is 9.93 Å². The average molecular weight is 327 g/mol. The van der Waals surface area contributed by atoms with Gasteiger partial charge in [-0.1, -0.05) is 25.2 Å². The second-order valence-corrected chi connectivity index (χ2v) is 6.45.